The van der Waals surface area contributed by atoms with E-state index in [1.54, 1.807) is 35.5 Å². The maximum Gasteiger partial charge on any atom is 0.330 e. The van der Waals surface area contributed by atoms with Gasteiger partial charge >= 0.3 is 12.0 Å². The number of carbonyl (C=O) groups is 3. The van der Waals surface area contributed by atoms with Crippen LogP contribution >= 0.6 is 22.9 Å². The normalized spacial score (nSPS) is 25.9. The van der Waals surface area contributed by atoms with E-state index in [4.69, 9.17) is 26.1 Å². The van der Waals surface area contributed by atoms with Crippen LogP contribution in [0.25, 0.3) is 21.6 Å². The second-order valence-corrected chi connectivity index (χ2v) is 12.7. The average Bonchev–Trinajstić information content (AvgIpc) is 3.33. The van der Waals surface area contributed by atoms with Crippen LogP contribution in [0.15, 0.2) is 35.7 Å². The molecule has 1 saturated carbocycles. The number of nitrogens with zero attached hydrogens (tertiary/aromatic N) is 5. The van der Waals surface area contributed by atoms with E-state index in [1.165, 1.54) is 23.3 Å². The van der Waals surface area contributed by atoms with E-state index in [9.17, 15) is 24.8 Å². The van der Waals surface area contributed by atoms with Crippen molar-refractivity contribution in [2.24, 2.45) is 5.92 Å². The van der Waals surface area contributed by atoms with Crippen molar-refractivity contribution in [2.45, 2.75) is 49.8 Å². The number of pyridine rings is 1. The fraction of sp³-hybridized carbons (Fsp3) is 0.419. The third-order valence-corrected chi connectivity index (χ3v) is 9.82. The summed E-state index contributed by atoms with van der Waals surface area (Å²) < 4.78 is 11.9. The van der Waals surface area contributed by atoms with Crippen LogP contribution < -0.4 is 14.8 Å². The van der Waals surface area contributed by atoms with Crippen molar-refractivity contribution in [2.75, 3.05) is 27.2 Å². The van der Waals surface area contributed by atoms with E-state index in [-0.39, 0.29) is 41.9 Å². The molecule has 45 heavy (non-hydrogen) atoms. The van der Waals surface area contributed by atoms with Gasteiger partial charge in [-0.2, -0.15) is 5.26 Å². The lowest BCUT2D eigenvalue weighted by Gasteiger charge is -2.29. The Morgan fingerprint density at radius 1 is 1.27 bits per heavy atom. The molecule has 0 bridgehead atoms. The van der Waals surface area contributed by atoms with Gasteiger partial charge < -0.3 is 29.7 Å². The Morgan fingerprint density at radius 2 is 2.09 bits per heavy atom. The van der Waals surface area contributed by atoms with Crippen molar-refractivity contribution < 1.29 is 29.0 Å². The molecule has 6 rings (SSSR count). The zero-order valence-corrected chi connectivity index (χ0v) is 26.2. The summed E-state index contributed by atoms with van der Waals surface area (Å²) in [5.74, 6) is -0.835. The standard InChI is InChI=1S/C31H31ClN6O6S/c1-37-10-6-4-3-5-7-17-13-31(17,29(40)41)36-30(42)38-15-19(11-22(38)28(37)39)44-24-12-21(27-34-18(14-33)16-45-27)35-26-20(24)8-9-23(43-2)25(26)32/h5,7-9,12,16-17,19,22H,3-4,6,10-11,13,15H2,1-2H3,(H,36,42)(H,40,41)/b7-5-/t17-,19+,22+,31-/m1/s1. The number of aliphatic carboxylic acids is 1. The van der Waals surface area contributed by atoms with Gasteiger partial charge in [0.2, 0.25) is 5.91 Å². The molecule has 12 nitrogen and oxygen atoms in total. The van der Waals surface area contributed by atoms with E-state index in [1.807, 2.05) is 18.2 Å². The van der Waals surface area contributed by atoms with Gasteiger partial charge in [-0.15, -0.1) is 11.3 Å². The van der Waals surface area contributed by atoms with E-state index >= 15 is 0 Å². The van der Waals surface area contributed by atoms with Crippen LogP contribution in [0.4, 0.5) is 4.79 Å². The predicted octanol–water partition coefficient (Wildman–Crippen LogP) is 4.47. The number of allylic oxidation sites excluding steroid dienone is 1. The van der Waals surface area contributed by atoms with Gasteiger partial charge in [-0.3, -0.25) is 4.79 Å². The molecule has 3 amide bonds. The molecule has 2 N–H and O–H groups in total. The van der Waals surface area contributed by atoms with Crippen LogP contribution in [-0.2, 0) is 9.59 Å². The first kappa shape index (κ1) is 30.6. The molecule has 4 atom stereocenters. The van der Waals surface area contributed by atoms with Gasteiger partial charge in [0.15, 0.2) is 5.69 Å². The lowest BCUT2D eigenvalue weighted by Crippen LogP contribution is -2.55. The average molecular weight is 651 g/mol. The summed E-state index contributed by atoms with van der Waals surface area (Å²) in [5.41, 5.74) is -0.320. The van der Waals surface area contributed by atoms with Crippen molar-refractivity contribution in [3.05, 3.63) is 46.4 Å². The highest BCUT2D eigenvalue weighted by atomic mass is 35.5. The Hall–Kier alpha value is -4.41. The molecular formula is C31H31ClN6O6S. The third-order valence-electron chi connectivity index (χ3n) is 8.59. The monoisotopic (exact) mass is 650 g/mol. The molecule has 2 aliphatic heterocycles. The highest BCUT2D eigenvalue weighted by Gasteiger charge is 2.61. The van der Waals surface area contributed by atoms with Crippen LogP contribution in [0.2, 0.25) is 5.02 Å². The zero-order valence-electron chi connectivity index (χ0n) is 24.7. The third kappa shape index (κ3) is 5.76. The van der Waals surface area contributed by atoms with Gasteiger partial charge in [0.25, 0.3) is 0 Å². The SMILES string of the molecule is COc1ccc2c(O[C@H]3C[C@H]4C(=O)N(C)CCCC/C=C\[C@@H]5C[C@@]5(C(=O)O)NC(=O)N4C3)cc(-c3nc(C#N)cs3)nc2c1Cl. The first-order valence-electron chi connectivity index (χ1n) is 14.6. The summed E-state index contributed by atoms with van der Waals surface area (Å²) in [4.78, 5) is 51.7. The lowest BCUT2D eigenvalue weighted by molar-refractivity contribution is -0.140. The van der Waals surface area contributed by atoms with E-state index in [0.717, 1.165) is 19.3 Å². The molecule has 2 fully saturated rings. The second kappa shape index (κ2) is 12.2. The zero-order chi connectivity index (χ0) is 31.9. The Kier molecular flexibility index (Phi) is 8.28. The number of carbonyl (C=O) groups excluding carboxylic acids is 2. The number of hydrogen-bond acceptors (Lipinski definition) is 9. The number of thiazole rings is 1. The Morgan fingerprint density at radius 3 is 2.82 bits per heavy atom. The Bertz CT molecular complexity index is 1760. The summed E-state index contributed by atoms with van der Waals surface area (Å²) in [6, 6.07) is 5.71. The predicted molar refractivity (Wildman–Crippen MR) is 166 cm³/mol. The van der Waals surface area contributed by atoms with Crippen LogP contribution in [0.3, 0.4) is 0 Å². The van der Waals surface area contributed by atoms with E-state index in [0.29, 0.717) is 39.6 Å². The molecule has 0 radical (unpaired) electrons. The summed E-state index contributed by atoms with van der Waals surface area (Å²) >= 11 is 7.92. The number of amides is 3. The number of nitriles is 1. The van der Waals surface area contributed by atoms with Crippen molar-refractivity contribution >= 4 is 51.7 Å². The van der Waals surface area contributed by atoms with Crippen LogP contribution in [0.5, 0.6) is 11.5 Å². The van der Waals surface area contributed by atoms with Gasteiger partial charge in [0, 0.05) is 42.8 Å². The van der Waals surface area contributed by atoms with Crippen molar-refractivity contribution in [3.8, 4) is 28.3 Å². The topological polar surface area (TPSA) is 158 Å². The molecule has 4 heterocycles. The molecule has 0 unspecified atom stereocenters. The molecule has 3 aromatic rings. The minimum absolute atomic E-state index is 0.0468. The van der Waals surface area contributed by atoms with Gasteiger partial charge in [-0.25, -0.2) is 19.6 Å². The number of ether oxygens (including phenoxy) is 2. The first-order valence-corrected chi connectivity index (χ1v) is 15.8. The fourth-order valence-electron chi connectivity index (χ4n) is 6.00. The number of fused-ring (bicyclic) bond motifs is 3. The number of nitrogens with one attached hydrogen (secondary N) is 1. The largest absolute Gasteiger partial charge is 0.495 e. The molecule has 1 saturated heterocycles. The molecule has 2 aromatic heterocycles. The smallest absolute Gasteiger partial charge is 0.330 e. The quantitative estimate of drug-likeness (QED) is 0.380. The Labute approximate surface area is 268 Å². The van der Waals surface area contributed by atoms with Crippen molar-refractivity contribution in [3.63, 3.8) is 0 Å². The fourth-order valence-corrected chi connectivity index (χ4v) is 6.99. The van der Waals surface area contributed by atoms with E-state index < -0.39 is 29.7 Å². The second-order valence-electron chi connectivity index (χ2n) is 11.5. The number of benzene rings is 1. The summed E-state index contributed by atoms with van der Waals surface area (Å²) in [7, 11) is 3.21. The number of aromatic nitrogens is 2. The number of methoxy groups -OCH3 is 1. The molecule has 14 heteroatoms. The molecular weight excluding hydrogens is 620 g/mol. The number of carboxylic acid groups (broad SMARTS) is 1. The highest BCUT2D eigenvalue weighted by molar-refractivity contribution is 7.13. The number of hydrogen-bond donors (Lipinski definition) is 2. The molecule has 1 aromatic carbocycles. The maximum atomic E-state index is 13.7. The number of carboxylic acids is 1. The van der Waals surface area contributed by atoms with Crippen LogP contribution in [0, 0.1) is 17.2 Å². The first-order chi connectivity index (χ1) is 21.6. The minimum atomic E-state index is -1.40. The van der Waals surface area contributed by atoms with Gasteiger partial charge in [-0.1, -0.05) is 23.8 Å². The number of urea groups is 1. The van der Waals surface area contributed by atoms with Crippen molar-refractivity contribution in [1.82, 2.24) is 25.1 Å². The highest BCUT2D eigenvalue weighted by Crippen LogP contribution is 2.46. The molecule has 3 aliphatic rings. The lowest BCUT2D eigenvalue weighted by atomic mass is 10.1. The van der Waals surface area contributed by atoms with Crippen molar-refractivity contribution in [1.29, 1.82) is 5.26 Å². The minimum Gasteiger partial charge on any atom is -0.495 e. The van der Waals surface area contributed by atoms with Gasteiger partial charge in [0.05, 0.1) is 19.2 Å². The number of rotatable bonds is 5. The summed E-state index contributed by atoms with van der Waals surface area (Å²) in [5, 5.41) is 25.0. The molecule has 234 valence electrons. The number of halogens is 1. The maximum absolute atomic E-state index is 13.7. The summed E-state index contributed by atoms with van der Waals surface area (Å²) in [6.45, 7) is 0.578. The number of likely N-dealkylation sites (N-methyl/N-ethyl adjacent to an activating group) is 1. The van der Waals surface area contributed by atoms with Crippen LogP contribution in [-0.4, -0.2) is 87.7 Å². The van der Waals surface area contributed by atoms with Gasteiger partial charge in [0.1, 0.15) is 51.0 Å². The van der Waals surface area contributed by atoms with E-state index in [2.05, 4.69) is 10.3 Å². The Balaban J connectivity index is 1.35. The molecule has 1 aliphatic carbocycles. The summed E-state index contributed by atoms with van der Waals surface area (Å²) in [6.07, 6.45) is 6.10. The molecule has 0 spiro atoms. The van der Waals surface area contributed by atoms with Gasteiger partial charge in [-0.05, 0) is 37.8 Å². The van der Waals surface area contributed by atoms with Crippen LogP contribution in [0.1, 0.15) is 37.8 Å².